The van der Waals surface area contributed by atoms with Crippen LogP contribution in [-0.4, -0.2) is 5.11 Å². The van der Waals surface area contributed by atoms with Gasteiger partial charge in [-0.2, -0.15) is 0 Å². The zero-order chi connectivity index (χ0) is 13.2. The highest BCUT2D eigenvalue weighted by molar-refractivity contribution is 5.82. The summed E-state index contributed by atoms with van der Waals surface area (Å²) in [6, 6.07) is 16.2. The quantitative estimate of drug-likeness (QED) is 0.762. The Morgan fingerprint density at radius 1 is 1.00 bits per heavy atom. The number of hydrogen-bond acceptors (Lipinski definition) is 3. The van der Waals surface area contributed by atoms with Gasteiger partial charge in [0.25, 0.3) is 0 Å². The van der Waals surface area contributed by atoms with Crippen LogP contribution in [0, 0.1) is 0 Å². The van der Waals surface area contributed by atoms with Gasteiger partial charge in [0.1, 0.15) is 11.3 Å². The van der Waals surface area contributed by atoms with E-state index in [4.69, 9.17) is 4.42 Å². The highest BCUT2D eigenvalue weighted by Gasteiger charge is 2.09. The summed E-state index contributed by atoms with van der Waals surface area (Å²) in [6.07, 6.45) is 0. The second-order valence-electron chi connectivity index (χ2n) is 4.29. The fourth-order valence-corrected chi connectivity index (χ4v) is 2.16. The largest absolute Gasteiger partial charge is 0.456 e. The summed E-state index contributed by atoms with van der Waals surface area (Å²) in [6.45, 7) is -0.174. The van der Waals surface area contributed by atoms with Gasteiger partial charge in [-0.15, -0.1) is 0 Å². The fraction of sp³-hybridized carbons (Fsp3) is 0.0625. The number of rotatable bonds is 2. The molecule has 3 nitrogen and oxygen atoms in total. The van der Waals surface area contributed by atoms with E-state index in [2.05, 4.69) is 0 Å². The molecular weight excluding hydrogens is 240 g/mol. The Morgan fingerprint density at radius 3 is 2.53 bits per heavy atom. The highest BCUT2D eigenvalue weighted by Crippen LogP contribution is 2.23. The molecule has 1 aromatic heterocycles. The summed E-state index contributed by atoms with van der Waals surface area (Å²) in [4.78, 5) is 12.2. The third kappa shape index (κ3) is 2.04. The van der Waals surface area contributed by atoms with Crippen LogP contribution >= 0.6 is 0 Å². The van der Waals surface area contributed by atoms with Crippen molar-refractivity contribution >= 4 is 11.0 Å². The topological polar surface area (TPSA) is 50.4 Å². The van der Waals surface area contributed by atoms with E-state index in [0.717, 1.165) is 5.56 Å². The molecule has 19 heavy (non-hydrogen) atoms. The second kappa shape index (κ2) is 4.71. The van der Waals surface area contributed by atoms with E-state index < -0.39 is 0 Å². The molecule has 1 heterocycles. The van der Waals surface area contributed by atoms with Crippen LogP contribution in [0.5, 0.6) is 0 Å². The summed E-state index contributed by atoms with van der Waals surface area (Å²) in [5.74, 6) is 0.535. The van der Waals surface area contributed by atoms with Gasteiger partial charge in [0.15, 0.2) is 5.43 Å². The first kappa shape index (κ1) is 11.7. The molecule has 0 bridgehead atoms. The van der Waals surface area contributed by atoms with Gasteiger partial charge in [-0.1, -0.05) is 42.5 Å². The minimum atomic E-state index is -0.174. The Kier molecular flexibility index (Phi) is 2.89. The number of benzene rings is 2. The Hall–Kier alpha value is -2.39. The summed E-state index contributed by atoms with van der Waals surface area (Å²) < 4.78 is 5.76. The van der Waals surface area contributed by atoms with Crippen LogP contribution in [0.15, 0.2) is 63.8 Å². The molecule has 0 aliphatic carbocycles. The van der Waals surface area contributed by atoms with E-state index in [1.54, 1.807) is 18.2 Å². The first-order valence-corrected chi connectivity index (χ1v) is 6.01. The lowest BCUT2D eigenvalue weighted by Crippen LogP contribution is -2.03. The average Bonchev–Trinajstić information content (AvgIpc) is 2.47. The SMILES string of the molecule is O=c1cc(-c2ccccc2)oc2cccc(CO)c12. The Labute approximate surface area is 109 Å². The molecule has 3 rings (SSSR count). The molecule has 0 radical (unpaired) electrons. The predicted molar refractivity (Wildman–Crippen MR) is 73.8 cm³/mol. The van der Waals surface area contributed by atoms with E-state index in [-0.39, 0.29) is 12.0 Å². The predicted octanol–water partition coefficient (Wildman–Crippen LogP) is 2.95. The van der Waals surface area contributed by atoms with Crippen LogP contribution in [0.25, 0.3) is 22.3 Å². The van der Waals surface area contributed by atoms with E-state index in [1.165, 1.54) is 6.07 Å². The van der Waals surface area contributed by atoms with E-state index >= 15 is 0 Å². The highest BCUT2D eigenvalue weighted by atomic mass is 16.3. The summed E-state index contributed by atoms with van der Waals surface area (Å²) in [5, 5.41) is 9.71. The molecule has 0 aliphatic rings. The van der Waals surface area contributed by atoms with Crippen molar-refractivity contribution in [1.82, 2.24) is 0 Å². The van der Waals surface area contributed by atoms with Crippen LogP contribution < -0.4 is 5.43 Å². The number of hydrogen-bond donors (Lipinski definition) is 1. The van der Waals surface area contributed by atoms with Gasteiger partial charge in [-0.3, -0.25) is 4.79 Å². The van der Waals surface area contributed by atoms with Crippen LogP contribution in [0.4, 0.5) is 0 Å². The Balaban J connectivity index is 2.30. The zero-order valence-corrected chi connectivity index (χ0v) is 10.2. The summed E-state index contributed by atoms with van der Waals surface area (Å²) in [5.41, 5.74) is 1.81. The maximum absolute atomic E-state index is 12.2. The lowest BCUT2D eigenvalue weighted by atomic mass is 10.1. The molecule has 0 amide bonds. The lowest BCUT2D eigenvalue weighted by Gasteiger charge is -2.05. The molecule has 3 heteroatoms. The maximum atomic E-state index is 12.2. The normalized spacial score (nSPS) is 10.8. The average molecular weight is 252 g/mol. The van der Waals surface area contributed by atoms with E-state index in [9.17, 15) is 9.90 Å². The van der Waals surface area contributed by atoms with Crippen molar-refractivity contribution in [2.24, 2.45) is 0 Å². The lowest BCUT2D eigenvalue weighted by molar-refractivity contribution is 0.283. The van der Waals surface area contributed by atoms with Gasteiger partial charge in [0, 0.05) is 11.6 Å². The summed E-state index contributed by atoms with van der Waals surface area (Å²) in [7, 11) is 0. The van der Waals surface area contributed by atoms with Crippen LogP contribution in [0.2, 0.25) is 0 Å². The van der Waals surface area contributed by atoms with Gasteiger partial charge in [0.2, 0.25) is 0 Å². The maximum Gasteiger partial charge on any atom is 0.193 e. The third-order valence-electron chi connectivity index (χ3n) is 3.07. The van der Waals surface area contributed by atoms with E-state index in [0.29, 0.717) is 22.3 Å². The third-order valence-corrected chi connectivity index (χ3v) is 3.07. The molecule has 0 unspecified atom stereocenters. The van der Waals surface area contributed by atoms with Crippen molar-refractivity contribution in [2.45, 2.75) is 6.61 Å². The van der Waals surface area contributed by atoms with E-state index in [1.807, 2.05) is 30.3 Å². The second-order valence-corrected chi connectivity index (χ2v) is 4.29. The number of fused-ring (bicyclic) bond motifs is 1. The van der Waals surface area contributed by atoms with Gasteiger partial charge < -0.3 is 9.52 Å². The Bertz CT molecular complexity index is 773. The Morgan fingerprint density at radius 2 is 1.79 bits per heavy atom. The molecule has 1 N–H and O–H groups in total. The van der Waals surface area contributed by atoms with Gasteiger partial charge in [-0.25, -0.2) is 0 Å². The molecule has 0 saturated carbocycles. The monoisotopic (exact) mass is 252 g/mol. The number of aliphatic hydroxyl groups excluding tert-OH is 1. The first-order valence-electron chi connectivity index (χ1n) is 6.01. The molecule has 2 aromatic carbocycles. The minimum absolute atomic E-state index is 0.134. The zero-order valence-electron chi connectivity index (χ0n) is 10.2. The molecule has 0 spiro atoms. The van der Waals surface area contributed by atoms with Crippen molar-refractivity contribution in [3.63, 3.8) is 0 Å². The number of aliphatic hydroxyl groups is 1. The molecule has 94 valence electrons. The van der Waals surface area contributed by atoms with Crippen molar-refractivity contribution in [3.05, 3.63) is 70.4 Å². The fourth-order valence-electron chi connectivity index (χ4n) is 2.16. The van der Waals surface area contributed by atoms with Crippen LogP contribution in [0.1, 0.15) is 5.56 Å². The standard InChI is InChI=1S/C16H12O3/c17-10-12-7-4-8-14-16(12)13(18)9-15(19-14)11-5-2-1-3-6-11/h1-9,17H,10H2. The first-order chi connectivity index (χ1) is 9.29. The van der Waals surface area contributed by atoms with Gasteiger partial charge in [0.05, 0.1) is 12.0 Å². The molecule has 0 atom stereocenters. The van der Waals surface area contributed by atoms with Crippen molar-refractivity contribution in [1.29, 1.82) is 0 Å². The molecule has 0 fully saturated rings. The van der Waals surface area contributed by atoms with Crippen molar-refractivity contribution in [3.8, 4) is 11.3 Å². The molecule has 0 saturated heterocycles. The summed E-state index contributed by atoms with van der Waals surface area (Å²) >= 11 is 0. The van der Waals surface area contributed by atoms with Gasteiger partial charge in [-0.05, 0) is 11.6 Å². The van der Waals surface area contributed by atoms with Crippen molar-refractivity contribution in [2.75, 3.05) is 0 Å². The minimum Gasteiger partial charge on any atom is -0.456 e. The smallest absolute Gasteiger partial charge is 0.193 e. The molecule has 3 aromatic rings. The van der Waals surface area contributed by atoms with Crippen LogP contribution in [-0.2, 0) is 6.61 Å². The molecule has 0 aliphatic heterocycles. The molecular formula is C16H12O3. The van der Waals surface area contributed by atoms with Crippen LogP contribution in [0.3, 0.4) is 0 Å². The van der Waals surface area contributed by atoms with Crippen molar-refractivity contribution < 1.29 is 9.52 Å². The van der Waals surface area contributed by atoms with Gasteiger partial charge >= 0.3 is 0 Å².